The zero-order chi connectivity index (χ0) is 23.4. The van der Waals surface area contributed by atoms with Crippen molar-refractivity contribution in [1.82, 2.24) is 10.6 Å². The molecule has 2 aliphatic carbocycles. The van der Waals surface area contributed by atoms with E-state index < -0.39 is 24.1 Å². The Balaban J connectivity index is 1.31. The largest absolute Gasteiger partial charge is 0.479 e. The Morgan fingerprint density at radius 2 is 1.64 bits per heavy atom. The Hall–Kier alpha value is -3.39. The van der Waals surface area contributed by atoms with Gasteiger partial charge in [0.25, 0.3) is 0 Å². The molecule has 174 valence electrons. The molecule has 4 N–H and O–H groups in total. The van der Waals surface area contributed by atoms with E-state index >= 15 is 0 Å². The van der Waals surface area contributed by atoms with Crippen molar-refractivity contribution in [3.63, 3.8) is 0 Å². The van der Waals surface area contributed by atoms with Gasteiger partial charge in [-0.1, -0.05) is 55.0 Å². The number of hydrogen-bond acceptors (Lipinski definition) is 5. The monoisotopic (exact) mass is 452 g/mol. The van der Waals surface area contributed by atoms with Gasteiger partial charge >= 0.3 is 12.1 Å². The summed E-state index contributed by atoms with van der Waals surface area (Å²) in [6.07, 6.45) is -0.0455. The van der Waals surface area contributed by atoms with Crippen LogP contribution in [0.5, 0.6) is 0 Å². The highest BCUT2D eigenvalue weighted by atomic mass is 16.5. The van der Waals surface area contributed by atoms with Gasteiger partial charge in [0.05, 0.1) is 5.92 Å². The van der Waals surface area contributed by atoms with E-state index in [9.17, 15) is 19.5 Å². The van der Waals surface area contributed by atoms with Crippen LogP contribution in [-0.4, -0.2) is 53.5 Å². The predicted octanol–water partition coefficient (Wildman–Crippen LogP) is 2.65. The molecule has 0 bridgehead atoms. The van der Waals surface area contributed by atoms with Crippen molar-refractivity contribution in [3.05, 3.63) is 59.7 Å². The number of carbonyl (C=O) groups is 3. The Bertz CT molecular complexity index is 994. The molecule has 4 rings (SSSR count). The van der Waals surface area contributed by atoms with Crippen molar-refractivity contribution >= 4 is 18.0 Å². The van der Waals surface area contributed by atoms with Crippen LogP contribution in [0.15, 0.2) is 48.5 Å². The first-order chi connectivity index (χ1) is 16.0. The third-order valence-corrected chi connectivity index (χ3v) is 6.50. The second kappa shape index (κ2) is 10.0. The van der Waals surface area contributed by atoms with Gasteiger partial charge in [0, 0.05) is 24.9 Å². The van der Waals surface area contributed by atoms with E-state index in [1.165, 1.54) is 0 Å². The number of benzene rings is 2. The first kappa shape index (κ1) is 22.8. The van der Waals surface area contributed by atoms with Gasteiger partial charge in [-0.25, -0.2) is 9.59 Å². The highest BCUT2D eigenvalue weighted by molar-refractivity contribution is 5.81. The molecule has 3 atom stereocenters. The summed E-state index contributed by atoms with van der Waals surface area (Å²) in [6, 6.07) is 15.9. The lowest BCUT2D eigenvalue weighted by atomic mass is 9.98. The maximum atomic E-state index is 12.6. The van der Waals surface area contributed by atoms with Crippen molar-refractivity contribution in [2.75, 3.05) is 13.2 Å². The maximum Gasteiger partial charge on any atom is 0.407 e. The number of nitrogens with one attached hydrogen (secondary N) is 2. The molecule has 2 aliphatic rings. The number of carbonyl (C=O) groups excluding carboxylic acids is 2. The minimum absolute atomic E-state index is 0.0357. The number of carboxylic acid groups (broad SMARTS) is 1. The third-order valence-electron chi connectivity index (χ3n) is 6.50. The van der Waals surface area contributed by atoms with Crippen LogP contribution in [0.3, 0.4) is 0 Å². The number of alkyl carbamates (subject to hydrolysis) is 1. The van der Waals surface area contributed by atoms with E-state index in [1.54, 1.807) is 0 Å². The fraction of sp³-hybridized carbons (Fsp3) is 0.400. The topological polar surface area (TPSA) is 125 Å². The Labute approximate surface area is 192 Å². The summed E-state index contributed by atoms with van der Waals surface area (Å²) in [7, 11) is 0. The molecule has 8 nitrogen and oxygen atoms in total. The van der Waals surface area contributed by atoms with E-state index in [1.807, 2.05) is 24.3 Å². The molecule has 0 heterocycles. The van der Waals surface area contributed by atoms with Crippen LogP contribution in [0, 0.1) is 5.92 Å². The maximum absolute atomic E-state index is 12.6. The molecule has 2 amide bonds. The summed E-state index contributed by atoms with van der Waals surface area (Å²) in [4.78, 5) is 35.7. The Morgan fingerprint density at radius 1 is 1.00 bits per heavy atom. The average Bonchev–Trinajstić information content (AvgIpc) is 3.40. The van der Waals surface area contributed by atoms with Crippen molar-refractivity contribution in [2.24, 2.45) is 5.92 Å². The van der Waals surface area contributed by atoms with Gasteiger partial charge in [0.15, 0.2) is 6.10 Å². The first-order valence-corrected chi connectivity index (χ1v) is 11.3. The summed E-state index contributed by atoms with van der Waals surface area (Å²) in [5.41, 5.74) is 4.58. The van der Waals surface area contributed by atoms with Crippen LogP contribution < -0.4 is 10.6 Å². The molecule has 1 fully saturated rings. The van der Waals surface area contributed by atoms with Crippen LogP contribution in [0.25, 0.3) is 11.1 Å². The molecule has 0 radical (unpaired) electrons. The number of hydrogen-bond donors (Lipinski definition) is 4. The quantitative estimate of drug-likeness (QED) is 0.488. The average molecular weight is 453 g/mol. The lowest BCUT2D eigenvalue weighted by Crippen LogP contribution is -2.45. The highest BCUT2D eigenvalue weighted by Gasteiger charge is 2.35. The molecule has 8 heteroatoms. The summed E-state index contributed by atoms with van der Waals surface area (Å²) in [5, 5.41) is 23.5. The number of ether oxygens (including phenoxy) is 1. The van der Waals surface area contributed by atoms with Crippen molar-refractivity contribution in [2.45, 2.75) is 43.7 Å². The lowest BCUT2D eigenvalue weighted by Gasteiger charge is -2.21. The van der Waals surface area contributed by atoms with Crippen molar-refractivity contribution in [3.8, 4) is 11.1 Å². The number of aliphatic hydroxyl groups is 1. The van der Waals surface area contributed by atoms with E-state index in [-0.39, 0.29) is 37.4 Å². The van der Waals surface area contributed by atoms with Gasteiger partial charge in [0.1, 0.15) is 6.61 Å². The molecule has 2 aromatic carbocycles. The summed E-state index contributed by atoms with van der Waals surface area (Å²) < 4.78 is 5.59. The molecule has 1 saturated carbocycles. The number of amides is 2. The van der Waals surface area contributed by atoms with Crippen LogP contribution in [0.1, 0.15) is 42.7 Å². The summed E-state index contributed by atoms with van der Waals surface area (Å²) >= 11 is 0. The molecule has 0 spiro atoms. The van der Waals surface area contributed by atoms with Gasteiger partial charge in [-0.3, -0.25) is 4.79 Å². The van der Waals surface area contributed by atoms with Crippen LogP contribution in [-0.2, 0) is 14.3 Å². The molecule has 33 heavy (non-hydrogen) atoms. The third kappa shape index (κ3) is 5.01. The van der Waals surface area contributed by atoms with Gasteiger partial charge in [-0.15, -0.1) is 0 Å². The highest BCUT2D eigenvalue weighted by Crippen LogP contribution is 2.44. The summed E-state index contributed by atoms with van der Waals surface area (Å²) in [5.74, 6) is -2.02. The van der Waals surface area contributed by atoms with Crippen molar-refractivity contribution < 1.29 is 29.3 Å². The minimum atomic E-state index is -1.51. The van der Waals surface area contributed by atoms with E-state index in [2.05, 4.69) is 34.9 Å². The molecule has 0 saturated heterocycles. The van der Waals surface area contributed by atoms with E-state index in [0.717, 1.165) is 28.7 Å². The van der Waals surface area contributed by atoms with Crippen LogP contribution in [0.2, 0.25) is 0 Å². The SMILES string of the molecule is O=C(N[C@H]1CCC[C@H]1C(=O)NCC[C@H](O)C(=O)O)OCC1c2ccccc2-c2ccccc21. The van der Waals surface area contributed by atoms with Gasteiger partial charge in [-0.2, -0.15) is 0 Å². The van der Waals surface area contributed by atoms with E-state index in [4.69, 9.17) is 9.84 Å². The molecular weight excluding hydrogens is 424 g/mol. The number of aliphatic carboxylic acids is 1. The zero-order valence-electron chi connectivity index (χ0n) is 18.2. The van der Waals surface area contributed by atoms with Gasteiger partial charge in [0.2, 0.25) is 5.91 Å². The number of carboxylic acids is 1. The van der Waals surface area contributed by atoms with Crippen LogP contribution >= 0.6 is 0 Å². The fourth-order valence-corrected chi connectivity index (χ4v) is 4.82. The molecular formula is C25H28N2O6. The van der Waals surface area contributed by atoms with Crippen LogP contribution in [0.4, 0.5) is 4.79 Å². The molecule has 0 aliphatic heterocycles. The second-order valence-corrected chi connectivity index (χ2v) is 8.55. The Morgan fingerprint density at radius 3 is 2.27 bits per heavy atom. The predicted molar refractivity (Wildman–Crippen MR) is 121 cm³/mol. The normalized spacial score (nSPS) is 19.9. The van der Waals surface area contributed by atoms with E-state index in [0.29, 0.717) is 12.8 Å². The molecule has 0 aromatic heterocycles. The number of rotatable bonds is 8. The smallest absolute Gasteiger partial charge is 0.407 e. The number of fused-ring (bicyclic) bond motifs is 3. The fourth-order valence-electron chi connectivity index (χ4n) is 4.82. The number of aliphatic hydroxyl groups excluding tert-OH is 1. The first-order valence-electron chi connectivity index (χ1n) is 11.3. The Kier molecular flexibility index (Phi) is 6.93. The van der Waals surface area contributed by atoms with Gasteiger partial charge < -0.3 is 25.6 Å². The minimum Gasteiger partial charge on any atom is -0.479 e. The second-order valence-electron chi connectivity index (χ2n) is 8.55. The molecule has 2 aromatic rings. The standard InChI is InChI=1S/C25H28N2O6/c28-22(24(30)31)12-13-26-23(29)19-10-5-11-21(19)27-25(32)33-14-20-17-8-3-1-6-15(17)16-7-2-4-9-18(16)20/h1-4,6-9,19-22,28H,5,10-14H2,(H,26,29)(H,27,32)(H,30,31)/t19-,21+,22+/m1/s1. The zero-order valence-corrected chi connectivity index (χ0v) is 18.2. The summed E-state index contributed by atoms with van der Waals surface area (Å²) in [6.45, 7) is 0.261. The molecule has 0 unspecified atom stereocenters. The van der Waals surface area contributed by atoms with Crippen molar-refractivity contribution in [1.29, 1.82) is 0 Å². The van der Waals surface area contributed by atoms with Gasteiger partial charge in [-0.05, 0) is 35.1 Å². The lowest BCUT2D eigenvalue weighted by molar-refractivity contribution is -0.147.